The number of hydrogen-bond donors (Lipinski definition) is 1. The molecule has 2 aromatic carbocycles. The van der Waals surface area contributed by atoms with Crippen molar-refractivity contribution in [1.82, 2.24) is 14.7 Å². The van der Waals surface area contributed by atoms with E-state index in [9.17, 15) is 5.11 Å². The molecule has 1 fully saturated rings. The smallest absolute Gasteiger partial charge is 0.141 e. The van der Waals surface area contributed by atoms with Gasteiger partial charge < -0.3 is 14.2 Å². The van der Waals surface area contributed by atoms with Crippen LogP contribution < -0.4 is 0 Å². The fourth-order valence-electron chi connectivity index (χ4n) is 6.62. The summed E-state index contributed by atoms with van der Waals surface area (Å²) in [5.74, 6) is 1.36. The average Bonchev–Trinajstić information content (AvgIpc) is 3.40. The van der Waals surface area contributed by atoms with Gasteiger partial charge in [-0.3, -0.25) is 4.98 Å². The molecular formula is C33H37N3O2. The summed E-state index contributed by atoms with van der Waals surface area (Å²) in [6, 6.07) is 20.1. The zero-order valence-corrected chi connectivity index (χ0v) is 22.9. The van der Waals surface area contributed by atoms with E-state index in [-0.39, 0.29) is 6.04 Å². The van der Waals surface area contributed by atoms with Gasteiger partial charge in [0.05, 0.1) is 33.9 Å². The van der Waals surface area contributed by atoms with Gasteiger partial charge in [0, 0.05) is 29.1 Å². The lowest BCUT2D eigenvalue weighted by Gasteiger charge is -2.33. The molecule has 0 bridgehead atoms. The Morgan fingerprint density at radius 2 is 1.76 bits per heavy atom. The molecule has 1 N–H and O–H groups in total. The van der Waals surface area contributed by atoms with Gasteiger partial charge in [0.1, 0.15) is 5.76 Å². The van der Waals surface area contributed by atoms with Crippen molar-refractivity contribution in [3.8, 4) is 11.1 Å². The summed E-state index contributed by atoms with van der Waals surface area (Å²) in [5, 5.41) is 16.0. The van der Waals surface area contributed by atoms with Crippen LogP contribution in [0, 0.1) is 19.8 Å². The number of fused-ring (bicyclic) bond motifs is 3. The van der Waals surface area contributed by atoms with Crippen molar-refractivity contribution in [3.63, 3.8) is 0 Å². The van der Waals surface area contributed by atoms with E-state index in [0.717, 1.165) is 44.6 Å². The normalized spacial score (nSPS) is 15.9. The average molecular weight is 508 g/mol. The number of aliphatic hydroxyl groups is 1. The van der Waals surface area contributed by atoms with Crippen molar-refractivity contribution < 1.29 is 9.63 Å². The Bertz CT molecular complexity index is 1560. The van der Waals surface area contributed by atoms with Crippen molar-refractivity contribution in [2.45, 2.75) is 77.9 Å². The number of pyridine rings is 1. The van der Waals surface area contributed by atoms with E-state index < -0.39 is 5.60 Å². The minimum absolute atomic E-state index is 0.204. The van der Waals surface area contributed by atoms with E-state index in [4.69, 9.17) is 9.51 Å². The topological polar surface area (TPSA) is 64.1 Å². The lowest BCUT2D eigenvalue weighted by Crippen LogP contribution is -2.23. The predicted octanol–water partition coefficient (Wildman–Crippen LogP) is 7.94. The molecule has 3 aromatic heterocycles. The molecule has 0 saturated heterocycles. The minimum Gasteiger partial charge on any atom is -0.390 e. The van der Waals surface area contributed by atoms with Crippen LogP contribution in [0.5, 0.6) is 0 Å². The number of benzene rings is 2. The van der Waals surface area contributed by atoms with Crippen LogP contribution >= 0.6 is 0 Å². The maximum absolute atomic E-state index is 10.6. The second-order valence-corrected chi connectivity index (χ2v) is 11.8. The van der Waals surface area contributed by atoms with Gasteiger partial charge in [-0.25, -0.2) is 0 Å². The third-order valence-electron chi connectivity index (χ3n) is 8.18. The highest BCUT2D eigenvalue weighted by Gasteiger charge is 2.30. The highest BCUT2D eigenvalue weighted by atomic mass is 16.5. The van der Waals surface area contributed by atoms with E-state index in [1.807, 2.05) is 33.9 Å². The van der Waals surface area contributed by atoms with E-state index in [0.29, 0.717) is 12.3 Å². The van der Waals surface area contributed by atoms with Crippen molar-refractivity contribution in [1.29, 1.82) is 0 Å². The molecule has 0 spiro atoms. The summed E-state index contributed by atoms with van der Waals surface area (Å²) >= 11 is 0. The van der Waals surface area contributed by atoms with E-state index in [2.05, 4.69) is 64.3 Å². The summed E-state index contributed by atoms with van der Waals surface area (Å²) in [5.41, 5.74) is 7.97. The first-order valence-electron chi connectivity index (χ1n) is 13.9. The van der Waals surface area contributed by atoms with Crippen LogP contribution in [-0.2, 0) is 6.42 Å². The van der Waals surface area contributed by atoms with Crippen LogP contribution in [0.3, 0.4) is 0 Å². The summed E-state index contributed by atoms with van der Waals surface area (Å²) in [6.07, 6.45) is 8.87. The number of nitrogens with zero attached hydrogens (tertiary/aromatic N) is 3. The number of hydrogen-bond acceptors (Lipinski definition) is 4. The van der Waals surface area contributed by atoms with Crippen LogP contribution in [0.4, 0.5) is 0 Å². The minimum atomic E-state index is -0.776. The van der Waals surface area contributed by atoms with Gasteiger partial charge in [0.2, 0.25) is 0 Å². The number of rotatable bonds is 6. The summed E-state index contributed by atoms with van der Waals surface area (Å²) < 4.78 is 8.07. The first-order valence-corrected chi connectivity index (χ1v) is 13.9. The molecule has 5 heteroatoms. The van der Waals surface area contributed by atoms with Gasteiger partial charge in [-0.2, -0.15) is 0 Å². The summed E-state index contributed by atoms with van der Waals surface area (Å²) in [7, 11) is 0. The maximum Gasteiger partial charge on any atom is 0.141 e. The maximum atomic E-state index is 10.6. The molecule has 0 radical (unpaired) electrons. The Labute approximate surface area is 224 Å². The predicted molar refractivity (Wildman–Crippen MR) is 153 cm³/mol. The van der Waals surface area contributed by atoms with E-state index in [1.54, 1.807) is 0 Å². The molecule has 5 nitrogen and oxygen atoms in total. The van der Waals surface area contributed by atoms with Gasteiger partial charge in [-0.15, -0.1) is 0 Å². The van der Waals surface area contributed by atoms with Gasteiger partial charge in [0.25, 0.3) is 0 Å². The monoisotopic (exact) mass is 507 g/mol. The second-order valence-electron chi connectivity index (χ2n) is 11.8. The van der Waals surface area contributed by atoms with Crippen molar-refractivity contribution >= 4 is 21.9 Å². The second kappa shape index (κ2) is 9.70. The highest BCUT2D eigenvalue weighted by Crippen LogP contribution is 2.43. The fraction of sp³-hybridized carbons (Fsp3) is 0.394. The lowest BCUT2D eigenvalue weighted by atomic mass is 9.80. The van der Waals surface area contributed by atoms with Gasteiger partial charge in [0.15, 0.2) is 0 Å². The summed E-state index contributed by atoms with van der Waals surface area (Å²) in [4.78, 5) is 5.05. The Kier molecular flexibility index (Phi) is 6.35. The Morgan fingerprint density at radius 1 is 1.00 bits per heavy atom. The summed E-state index contributed by atoms with van der Waals surface area (Å²) in [6.45, 7) is 7.70. The lowest BCUT2D eigenvalue weighted by molar-refractivity contribution is 0.0810. The van der Waals surface area contributed by atoms with E-state index in [1.165, 1.54) is 43.2 Å². The molecule has 1 aliphatic rings. The quantitative estimate of drug-likeness (QED) is 0.253. The van der Waals surface area contributed by atoms with Crippen LogP contribution in [0.1, 0.15) is 74.6 Å². The molecule has 6 rings (SSSR count). The van der Waals surface area contributed by atoms with Crippen molar-refractivity contribution in [2.24, 2.45) is 5.92 Å². The Hall–Kier alpha value is -3.44. The molecule has 1 aliphatic carbocycles. The molecule has 0 aliphatic heterocycles. The van der Waals surface area contributed by atoms with E-state index >= 15 is 0 Å². The molecule has 1 unspecified atom stereocenters. The van der Waals surface area contributed by atoms with Crippen LogP contribution in [0.25, 0.3) is 33.1 Å². The van der Waals surface area contributed by atoms with Gasteiger partial charge in [-0.05, 0) is 69.7 Å². The molecule has 1 saturated carbocycles. The number of aryl methyl sites for hydroxylation is 2. The zero-order valence-electron chi connectivity index (χ0n) is 22.9. The van der Waals surface area contributed by atoms with Gasteiger partial charge in [-0.1, -0.05) is 66.9 Å². The molecule has 3 heterocycles. The largest absolute Gasteiger partial charge is 0.390 e. The first-order chi connectivity index (χ1) is 18.3. The molecule has 1 atom stereocenters. The van der Waals surface area contributed by atoms with Crippen molar-refractivity contribution in [2.75, 3.05) is 0 Å². The molecule has 0 amide bonds. The third-order valence-corrected chi connectivity index (χ3v) is 8.18. The van der Waals surface area contributed by atoms with Crippen LogP contribution in [0.2, 0.25) is 0 Å². The fourth-order valence-corrected chi connectivity index (χ4v) is 6.62. The molecule has 5 aromatic rings. The Balaban J connectivity index is 1.66. The molecular weight excluding hydrogens is 470 g/mol. The Morgan fingerprint density at radius 3 is 2.45 bits per heavy atom. The first kappa shape index (κ1) is 24.9. The third kappa shape index (κ3) is 4.54. The van der Waals surface area contributed by atoms with Crippen LogP contribution in [0.15, 0.2) is 65.3 Å². The SMILES string of the molecule is Cc1noc(C)c1-c1cnc2c3ccc(CC(C)(C)O)cc3n(C(c3ccccc3)C3CCCCC3)c2c1. The highest BCUT2D eigenvalue weighted by molar-refractivity contribution is 6.07. The molecule has 196 valence electrons. The zero-order chi connectivity index (χ0) is 26.4. The number of aromatic nitrogens is 3. The standard InChI is InChI=1S/C33H37N3O2/c1-21-30(22(2)38-35-21)26-18-29-31(34-20-26)27-16-15-23(19-33(3,4)37)17-28(27)36(29)32(24-11-7-5-8-12-24)25-13-9-6-10-14-25/h5,7-8,11-12,15-18,20,25,32,37H,6,9-10,13-14,19H2,1-4H3. The van der Waals surface area contributed by atoms with Gasteiger partial charge >= 0.3 is 0 Å². The van der Waals surface area contributed by atoms with Crippen LogP contribution in [-0.4, -0.2) is 25.4 Å². The van der Waals surface area contributed by atoms with Crippen molar-refractivity contribution in [3.05, 3.63) is 83.4 Å². The molecule has 38 heavy (non-hydrogen) atoms.